The van der Waals surface area contributed by atoms with Crippen molar-refractivity contribution in [3.05, 3.63) is 23.3 Å². The molecule has 3 nitrogen and oxygen atoms in total. The third-order valence-electron chi connectivity index (χ3n) is 6.65. The summed E-state index contributed by atoms with van der Waals surface area (Å²) in [5.74, 6) is 1.03. The standard InChI is InChI=1S/C26H46O3SSi/c1-24(2,3)20-15-19(16-21(23(20)27-10)25(4,5)6)30-22-14-13-18(29-22)17-28-31(11,12)26(7,8)9/h15-16,18,22H,13-14,17H2,1-12H3/t18-,22+/m0/s1. The lowest BCUT2D eigenvalue weighted by Crippen LogP contribution is -2.42. The molecular weight excluding hydrogens is 420 g/mol. The van der Waals surface area contributed by atoms with Crippen molar-refractivity contribution in [1.82, 2.24) is 0 Å². The van der Waals surface area contributed by atoms with Gasteiger partial charge in [-0.25, -0.2) is 0 Å². The number of ether oxygens (including phenoxy) is 2. The Morgan fingerprint density at radius 1 is 0.935 bits per heavy atom. The first kappa shape index (κ1) is 26.8. The minimum absolute atomic E-state index is 0.0119. The van der Waals surface area contributed by atoms with Gasteiger partial charge in [0, 0.05) is 16.0 Å². The molecule has 1 heterocycles. The van der Waals surface area contributed by atoms with Gasteiger partial charge in [0.05, 0.1) is 19.8 Å². The Hall–Kier alpha value is -0.493. The highest BCUT2D eigenvalue weighted by atomic mass is 32.2. The molecule has 0 unspecified atom stereocenters. The fourth-order valence-corrected chi connectivity index (χ4v) is 5.73. The molecule has 0 bridgehead atoms. The Balaban J connectivity index is 2.17. The van der Waals surface area contributed by atoms with Gasteiger partial charge in [0.25, 0.3) is 0 Å². The van der Waals surface area contributed by atoms with E-state index in [4.69, 9.17) is 13.9 Å². The largest absolute Gasteiger partial charge is 0.496 e. The number of rotatable bonds is 6. The van der Waals surface area contributed by atoms with Crippen LogP contribution in [0.15, 0.2) is 17.0 Å². The summed E-state index contributed by atoms with van der Waals surface area (Å²) in [4.78, 5) is 1.27. The van der Waals surface area contributed by atoms with E-state index in [9.17, 15) is 0 Å². The molecule has 0 saturated carbocycles. The highest BCUT2D eigenvalue weighted by molar-refractivity contribution is 7.99. The molecule has 1 fully saturated rings. The van der Waals surface area contributed by atoms with Gasteiger partial charge in [-0.1, -0.05) is 74.1 Å². The predicted molar refractivity (Wildman–Crippen MR) is 137 cm³/mol. The van der Waals surface area contributed by atoms with Crippen molar-refractivity contribution in [3.8, 4) is 5.75 Å². The summed E-state index contributed by atoms with van der Waals surface area (Å²) >= 11 is 1.85. The SMILES string of the molecule is COc1c(C(C)(C)C)cc(S[C@@H]2CC[C@@H](CO[Si](C)(C)C(C)(C)C)O2)cc1C(C)(C)C. The number of thioether (sulfide) groups is 1. The number of hydrogen-bond donors (Lipinski definition) is 0. The molecular formula is C26H46O3SSi. The number of methoxy groups -OCH3 is 1. The zero-order valence-corrected chi connectivity index (χ0v) is 23.9. The summed E-state index contributed by atoms with van der Waals surface area (Å²) in [5, 5.41) is 0.232. The molecule has 31 heavy (non-hydrogen) atoms. The van der Waals surface area contributed by atoms with Gasteiger partial charge in [-0.3, -0.25) is 0 Å². The van der Waals surface area contributed by atoms with E-state index >= 15 is 0 Å². The summed E-state index contributed by atoms with van der Waals surface area (Å²) in [6, 6.07) is 4.61. The van der Waals surface area contributed by atoms with E-state index in [1.165, 1.54) is 16.0 Å². The maximum absolute atomic E-state index is 6.42. The molecule has 0 N–H and O–H groups in total. The van der Waals surface area contributed by atoms with Crippen LogP contribution in [0.25, 0.3) is 0 Å². The Kier molecular flexibility index (Phi) is 8.11. The van der Waals surface area contributed by atoms with E-state index in [0.717, 1.165) is 25.2 Å². The van der Waals surface area contributed by atoms with Crippen molar-refractivity contribution in [2.75, 3.05) is 13.7 Å². The van der Waals surface area contributed by atoms with Gasteiger partial charge in [-0.05, 0) is 53.9 Å². The van der Waals surface area contributed by atoms with Gasteiger partial charge in [-0.2, -0.15) is 0 Å². The van der Waals surface area contributed by atoms with Crippen molar-refractivity contribution < 1.29 is 13.9 Å². The maximum atomic E-state index is 6.42. The van der Waals surface area contributed by atoms with Crippen LogP contribution in [0.1, 0.15) is 86.3 Å². The molecule has 5 heteroatoms. The average molecular weight is 467 g/mol. The molecule has 0 aromatic heterocycles. The van der Waals surface area contributed by atoms with Crippen LogP contribution in [0.4, 0.5) is 0 Å². The van der Waals surface area contributed by atoms with E-state index in [-0.39, 0.29) is 27.4 Å². The van der Waals surface area contributed by atoms with Crippen LogP contribution < -0.4 is 4.74 Å². The monoisotopic (exact) mass is 466 g/mol. The normalized spacial score (nSPS) is 20.9. The van der Waals surface area contributed by atoms with E-state index in [1.807, 2.05) is 11.8 Å². The average Bonchev–Trinajstić information content (AvgIpc) is 3.04. The fourth-order valence-electron chi connectivity index (χ4n) is 3.56. The molecule has 1 aliphatic heterocycles. The number of hydrogen-bond acceptors (Lipinski definition) is 4. The van der Waals surface area contributed by atoms with Crippen molar-refractivity contribution >= 4 is 20.1 Å². The summed E-state index contributed by atoms with van der Waals surface area (Å²) in [6.45, 7) is 25.7. The zero-order chi connectivity index (χ0) is 23.8. The Bertz CT molecular complexity index is 718. The molecule has 0 spiro atoms. The maximum Gasteiger partial charge on any atom is 0.192 e. The fraction of sp³-hybridized carbons (Fsp3) is 0.769. The second-order valence-corrected chi connectivity index (χ2v) is 18.5. The highest BCUT2D eigenvalue weighted by Gasteiger charge is 2.38. The van der Waals surface area contributed by atoms with Gasteiger partial charge in [-0.15, -0.1) is 0 Å². The van der Waals surface area contributed by atoms with E-state index in [2.05, 4.69) is 87.5 Å². The molecule has 0 aliphatic carbocycles. The second-order valence-electron chi connectivity index (χ2n) is 12.5. The topological polar surface area (TPSA) is 27.7 Å². The second kappa shape index (κ2) is 9.40. The molecule has 2 rings (SSSR count). The smallest absolute Gasteiger partial charge is 0.192 e. The third-order valence-corrected chi connectivity index (χ3v) is 12.3. The van der Waals surface area contributed by atoms with Crippen LogP contribution in [-0.4, -0.2) is 33.6 Å². The molecule has 0 amide bonds. The van der Waals surface area contributed by atoms with Crippen LogP contribution in [0.2, 0.25) is 18.1 Å². The first-order valence-electron chi connectivity index (χ1n) is 11.6. The lowest BCUT2D eigenvalue weighted by Gasteiger charge is -2.36. The van der Waals surface area contributed by atoms with E-state index in [1.54, 1.807) is 7.11 Å². The molecule has 2 atom stereocenters. The zero-order valence-electron chi connectivity index (χ0n) is 22.1. The predicted octanol–water partition coefficient (Wildman–Crippen LogP) is 7.91. The lowest BCUT2D eigenvalue weighted by atomic mass is 9.79. The molecule has 1 aliphatic rings. The lowest BCUT2D eigenvalue weighted by molar-refractivity contribution is 0.0499. The van der Waals surface area contributed by atoms with Gasteiger partial charge in [0.15, 0.2) is 8.32 Å². The molecule has 1 aromatic carbocycles. The first-order chi connectivity index (χ1) is 14.0. The molecule has 178 valence electrons. The van der Waals surface area contributed by atoms with E-state index in [0.29, 0.717) is 0 Å². The van der Waals surface area contributed by atoms with Crippen LogP contribution in [0.3, 0.4) is 0 Å². The van der Waals surface area contributed by atoms with Gasteiger partial charge in [0.2, 0.25) is 0 Å². The van der Waals surface area contributed by atoms with Crippen molar-refractivity contribution in [1.29, 1.82) is 0 Å². The first-order valence-corrected chi connectivity index (χ1v) is 15.4. The van der Waals surface area contributed by atoms with Gasteiger partial charge >= 0.3 is 0 Å². The van der Waals surface area contributed by atoms with Gasteiger partial charge < -0.3 is 13.9 Å². The van der Waals surface area contributed by atoms with Gasteiger partial charge in [0.1, 0.15) is 11.2 Å². The van der Waals surface area contributed by atoms with E-state index < -0.39 is 8.32 Å². The highest BCUT2D eigenvalue weighted by Crippen LogP contribution is 2.44. The van der Waals surface area contributed by atoms with Crippen molar-refractivity contribution in [3.63, 3.8) is 0 Å². The molecule has 0 radical (unpaired) electrons. The van der Waals surface area contributed by atoms with Crippen LogP contribution in [0.5, 0.6) is 5.75 Å². The quantitative estimate of drug-likeness (QED) is 0.398. The van der Waals surface area contributed by atoms with Crippen LogP contribution >= 0.6 is 11.8 Å². The summed E-state index contributed by atoms with van der Waals surface area (Å²) in [5.41, 5.74) is 2.74. The number of benzene rings is 1. The van der Waals surface area contributed by atoms with Crippen LogP contribution in [-0.2, 0) is 20.0 Å². The summed E-state index contributed by atoms with van der Waals surface area (Å²) in [7, 11) is 0.0546. The van der Waals surface area contributed by atoms with Crippen LogP contribution in [0, 0.1) is 0 Å². The molecule has 1 aromatic rings. The summed E-state index contributed by atoms with van der Waals surface area (Å²) < 4.78 is 18.7. The van der Waals surface area contributed by atoms with Crippen molar-refractivity contribution in [2.45, 2.75) is 121 Å². The Morgan fingerprint density at radius 3 is 1.87 bits per heavy atom. The molecule has 1 saturated heterocycles. The minimum Gasteiger partial charge on any atom is -0.496 e. The third kappa shape index (κ3) is 6.75. The Labute approximate surface area is 197 Å². The Morgan fingerprint density at radius 2 is 1.45 bits per heavy atom. The van der Waals surface area contributed by atoms with Crippen molar-refractivity contribution in [2.24, 2.45) is 0 Å². The minimum atomic E-state index is -1.74. The summed E-state index contributed by atoms with van der Waals surface area (Å²) in [6.07, 6.45) is 2.34.